The second-order valence-electron chi connectivity index (χ2n) is 5.43. The molecule has 0 aliphatic heterocycles. The van der Waals surface area contributed by atoms with Gasteiger partial charge in [-0.1, -0.05) is 23.7 Å². The molecular weight excluding hydrogens is 252 g/mol. The van der Waals surface area contributed by atoms with Crippen molar-refractivity contribution in [3.63, 3.8) is 0 Å². The van der Waals surface area contributed by atoms with Crippen LogP contribution in [0.1, 0.15) is 36.7 Å². The minimum absolute atomic E-state index is 0.232. The fraction of sp³-hybridized carbons (Fsp3) is 0.429. The molecule has 1 aliphatic carbocycles. The first-order valence-corrected chi connectivity index (χ1v) is 6.22. The molecule has 0 heterocycles. The number of carbonyl (C=O) groups is 2. The molecule has 0 saturated carbocycles. The summed E-state index contributed by atoms with van der Waals surface area (Å²) in [6, 6.07) is 5.27. The van der Waals surface area contributed by atoms with Gasteiger partial charge in [0.25, 0.3) is 0 Å². The highest BCUT2D eigenvalue weighted by Gasteiger charge is 2.39. The maximum absolute atomic E-state index is 12.2. The molecule has 1 aromatic carbocycles. The Hall–Kier alpha value is -1.35. The van der Waals surface area contributed by atoms with Crippen molar-refractivity contribution in [2.24, 2.45) is 5.92 Å². The minimum atomic E-state index is -0.751. The predicted octanol–water partition coefficient (Wildman–Crippen LogP) is 3.04. The lowest BCUT2D eigenvalue weighted by Crippen LogP contribution is -2.31. The van der Waals surface area contributed by atoms with Gasteiger partial charge in [-0.3, -0.25) is 9.59 Å². The molecule has 4 heteroatoms. The molecule has 0 N–H and O–H groups in total. The largest absolute Gasteiger partial charge is 0.459 e. The van der Waals surface area contributed by atoms with E-state index in [9.17, 15) is 9.59 Å². The van der Waals surface area contributed by atoms with Gasteiger partial charge in [0.05, 0.1) is 5.02 Å². The number of ketones is 1. The van der Waals surface area contributed by atoms with Gasteiger partial charge in [-0.15, -0.1) is 0 Å². The third-order valence-corrected chi connectivity index (χ3v) is 3.09. The average Bonchev–Trinajstić information content (AvgIpc) is 2.55. The fourth-order valence-electron chi connectivity index (χ4n) is 2.06. The summed E-state index contributed by atoms with van der Waals surface area (Å²) in [7, 11) is 0. The van der Waals surface area contributed by atoms with Gasteiger partial charge in [0.1, 0.15) is 11.5 Å². The Balaban J connectivity index is 2.25. The highest BCUT2D eigenvalue weighted by molar-refractivity contribution is 6.35. The normalized spacial score (nSPS) is 18.7. The molecule has 0 bridgehead atoms. The van der Waals surface area contributed by atoms with E-state index in [2.05, 4.69) is 0 Å². The molecule has 1 aliphatic rings. The molecule has 96 valence electrons. The van der Waals surface area contributed by atoms with Crippen molar-refractivity contribution < 1.29 is 14.3 Å². The Kier molecular flexibility index (Phi) is 3.20. The topological polar surface area (TPSA) is 43.4 Å². The van der Waals surface area contributed by atoms with E-state index < -0.39 is 17.5 Å². The van der Waals surface area contributed by atoms with Crippen LogP contribution in [0.2, 0.25) is 5.02 Å². The Morgan fingerprint density at radius 1 is 1.39 bits per heavy atom. The van der Waals surface area contributed by atoms with Gasteiger partial charge in [0.15, 0.2) is 5.78 Å². The number of rotatable bonds is 1. The van der Waals surface area contributed by atoms with Crippen LogP contribution < -0.4 is 0 Å². The molecule has 0 spiro atoms. The Morgan fingerprint density at radius 2 is 2.06 bits per heavy atom. The lowest BCUT2D eigenvalue weighted by atomic mass is 10.1. The van der Waals surface area contributed by atoms with Crippen molar-refractivity contribution in [2.75, 3.05) is 0 Å². The van der Waals surface area contributed by atoms with Crippen molar-refractivity contribution >= 4 is 23.4 Å². The number of halogens is 1. The zero-order chi connectivity index (χ0) is 13.5. The molecule has 3 nitrogen and oxygen atoms in total. The van der Waals surface area contributed by atoms with E-state index in [4.69, 9.17) is 16.3 Å². The first-order valence-electron chi connectivity index (χ1n) is 5.84. The van der Waals surface area contributed by atoms with E-state index >= 15 is 0 Å². The van der Waals surface area contributed by atoms with Crippen LogP contribution >= 0.6 is 11.6 Å². The van der Waals surface area contributed by atoms with Crippen LogP contribution in [0.15, 0.2) is 18.2 Å². The van der Waals surface area contributed by atoms with Crippen molar-refractivity contribution in [1.29, 1.82) is 0 Å². The molecular formula is C14H15ClO3. The number of hydrogen-bond acceptors (Lipinski definition) is 3. The minimum Gasteiger partial charge on any atom is -0.459 e. The summed E-state index contributed by atoms with van der Waals surface area (Å²) in [6.45, 7) is 5.35. The van der Waals surface area contributed by atoms with Crippen LogP contribution in [-0.2, 0) is 16.0 Å². The molecule has 0 saturated heterocycles. The standard InChI is InChI=1S/C14H15ClO3/c1-14(2,3)18-13(17)9-7-8-5-4-6-10(15)11(8)12(9)16/h4-6,9H,7H2,1-3H3. The molecule has 0 fully saturated rings. The lowest BCUT2D eigenvalue weighted by molar-refractivity contribution is -0.157. The molecule has 1 unspecified atom stereocenters. The van der Waals surface area contributed by atoms with Crippen LogP contribution in [-0.4, -0.2) is 17.4 Å². The number of fused-ring (bicyclic) bond motifs is 1. The average molecular weight is 267 g/mol. The number of carbonyl (C=O) groups excluding carboxylic acids is 2. The number of benzene rings is 1. The first kappa shape index (κ1) is 13.1. The molecule has 1 aromatic rings. The summed E-state index contributed by atoms with van der Waals surface area (Å²) >= 11 is 5.99. The predicted molar refractivity (Wildman–Crippen MR) is 68.8 cm³/mol. The first-order chi connectivity index (χ1) is 8.29. The van der Waals surface area contributed by atoms with Crippen molar-refractivity contribution in [2.45, 2.75) is 32.8 Å². The monoisotopic (exact) mass is 266 g/mol. The van der Waals surface area contributed by atoms with Crippen molar-refractivity contribution in [3.8, 4) is 0 Å². The van der Waals surface area contributed by atoms with Crippen LogP contribution in [0.4, 0.5) is 0 Å². The van der Waals surface area contributed by atoms with E-state index in [1.54, 1.807) is 32.9 Å². The quantitative estimate of drug-likeness (QED) is 0.580. The van der Waals surface area contributed by atoms with Crippen molar-refractivity contribution in [3.05, 3.63) is 34.3 Å². The van der Waals surface area contributed by atoms with E-state index in [-0.39, 0.29) is 5.78 Å². The fourth-order valence-corrected chi connectivity index (χ4v) is 2.35. The lowest BCUT2D eigenvalue weighted by Gasteiger charge is -2.21. The summed E-state index contributed by atoms with van der Waals surface area (Å²) in [6.07, 6.45) is 0.379. The van der Waals surface area contributed by atoms with Gasteiger partial charge < -0.3 is 4.74 Å². The second-order valence-corrected chi connectivity index (χ2v) is 5.84. The van der Waals surface area contributed by atoms with E-state index in [1.165, 1.54) is 0 Å². The molecule has 1 atom stereocenters. The summed E-state index contributed by atoms with van der Waals surface area (Å²) in [4.78, 5) is 24.1. The number of Topliss-reactive ketones (excluding diaryl/α,β-unsaturated/α-hetero) is 1. The maximum Gasteiger partial charge on any atom is 0.317 e. The molecule has 0 aromatic heterocycles. The SMILES string of the molecule is CC(C)(C)OC(=O)C1Cc2cccc(Cl)c2C1=O. The second kappa shape index (κ2) is 4.39. The van der Waals surface area contributed by atoms with Gasteiger partial charge in [-0.25, -0.2) is 0 Å². The summed E-state index contributed by atoms with van der Waals surface area (Å²) in [5.74, 6) is -1.45. The number of hydrogen-bond donors (Lipinski definition) is 0. The van der Waals surface area contributed by atoms with Gasteiger partial charge in [0, 0.05) is 5.56 Å². The highest BCUT2D eigenvalue weighted by atomic mass is 35.5. The zero-order valence-electron chi connectivity index (χ0n) is 10.6. The van der Waals surface area contributed by atoms with Crippen molar-refractivity contribution in [1.82, 2.24) is 0 Å². The molecule has 0 radical (unpaired) electrons. The van der Waals surface area contributed by atoms with Gasteiger partial charge in [0.2, 0.25) is 0 Å². The van der Waals surface area contributed by atoms with Gasteiger partial charge in [-0.05, 0) is 38.8 Å². The third-order valence-electron chi connectivity index (χ3n) is 2.78. The highest BCUT2D eigenvalue weighted by Crippen LogP contribution is 2.33. The smallest absolute Gasteiger partial charge is 0.317 e. The number of esters is 1. The molecule has 2 rings (SSSR count). The van der Waals surface area contributed by atoms with Crippen LogP contribution in [0.5, 0.6) is 0 Å². The summed E-state index contributed by atoms with van der Waals surface area (Å²) in [5, 5.41) is 0.406. The maximum atomic E-state index is 12.2. The molecule has 0 amide bonds. The molecule has 18 heavy (non-hydrogen) atoms. The number of ether oxygens (including phenoxy) is 1. The van der Waals surface area contributed by atoms with Gasteiger partial charge in [-0.2, -0.15) is 0 Å². The van der Waals surface area contributed by atoms with Crippen LogP contribution in [0, 0.1) is 5.92 Å². The van der Waals surface area contributed by atoms with Crippen LogP contribution in [0.3, 0.4) is 0 Å². The Bertz CT molecular complexity index is 514. The third kappa shape index (κ3) is 2.41. The summed E-state index contributed by atoms with van der Waals surface area (Å²) in [5.41, 5.74) is 0.703. The van der Waals surface area contributed by atoms with E-state index in [0.29, 0.717) is 17.0 Å². The van der Waals surface area contributed by atoms with E-state index in [1.807, 2.05) is 6.07 Å². The Labute approximate surface area is 111 Å². The summed E-state index contributed by atoms with van der Waals surface area (Å²) < 4.78 is 5.26. The van der Waals surface area contributed by atoms with E-state index in [0.717, 1.165) is 5.56 Å². The Morgan fingerprint density at radius 3 is 2.61 bits per heavy atom. The van der Waals surface area contributed by atoms with Crippen LogP contribution in [0.25, 0.3) is 0 Å². The van der Waals surface area contributed by atoms with Gasteiger partial charge >= 0.3 is 5.97 Å². The zero-order valence-corrected chi connectivity index (χ0v) is 11.4.